The quantitative estimate of drug-likeness (QED) is 0.683. The van der Waals surface area contributed by atoms with E-state index in [9.17, 15) is 4.79 Å². The summed E-state index contributed by atoms with van der Waals surface area (Å²) in [7, 11) is 0. The van der Waals surface area contributed by atoms with Crippen LogP contribution >= 0.6 is 11.6 Å². The maximum absolute atomic E-state index is 11.0. The van der Waals surface area contributed by atoms with E-state index in [1.807, 2.05) is 0 Å². The maximum atomic E-state index is 11.0. The highest BCUT2D eigenvalue weighted by Crippen LogP contribution is 2.13. The van der Waals surface area contributed by atoms with Crippen molar-refractivity contribution in [3.63, 3.8) is 0 Å². The number of hydrogen-bond donors (Lipinski definition) is 1. The van der Waals surface area contributed by atoms with Crippen LogP contribution in [0.5, 0.6) is 0 Å². The maximum Gasteiger partial charge on any atom is 0.301 e. The van der Waals surface area contributed by atoms with E-state index in [0.717, 1.165) is 0 Å². The Morgan fingerprint density at radius 1 is 1.54 bits per heavy atom. The molecule has 1 heterocycles. The molecule has 5 heteroatoms. The molecule has 0 aliphatic carbocycles. The number of anilines is 1. The molecule has 0 radical (unpaired) electrons. The smallest absolute Gasteiger partial charge is 0.297 e. The summed E-state index contributed by atoms with van der Waals surface area (Å²) in [5.41, 5.74) is 0. The first-order valence-corrected chi connectivity index (χ1v) is 3.82. The molecule has 1 aromatic heterocycles. The number of nitrogens with zero attached hydrogens (tertiary/aromatic N) is 2. The first-order chi connectivity index (χ1) is 6.24. The molecular weight excluding hydrogens is 190 g/mol. The summed E-state index contributed by atoms with van der Waals surface area (Å²) in [6.07, 6.45) is 2.87. The van der Waals surface area contributed by atoms with Gasteiger partial charge >= 0.3 is 5.91 Å². The van der Waals surface area contributed by atoms with Gasteiger partial charge in [-0.3, -0.25) is 10.1 Å². The van der Waals surface area contributed by atoms with Crippen molar-refractivity contribution in [3.05, 3.63) is 17.5 Å². The lowest BCUT2D eigenvalue weighted by atomic mass is 10.5. The molecule has 0 bridgehead atoms. The Morgan fingerprint density at radius 2 is 2.23 bits per heavy atom. The van der Waals surface area contributed by atoms with Crippen LogP contribution in [0, 0.1) is 11.8 Å². The lowest BCUT2D eigenvalue weighted by molar-refractivity contribution is -0.111. The second kappa shape index (κ2) is 4.43. The molecule has 0 aliphatic heterocycles. The van der Waals surface area contributed by atoms with Crippen LogP contribution in [0.2, 0.25) is 5.15 Å². The second-order valence-electron chi connectivity index (χ2n) is 2.02. The van der Waals surface area contributed by atoms with Gasteiger partial charge in [0.2, 0.25) is 0 Å². The van der Waals surface area contributed by atoms with Gasteiger partial charge in [0.1, 0.15) is 0 Å². The Hall–Kier alpha value is -1.60. The molecular formula is C8H6ClN3O. The molecule has 1 rings (SSSR count). The van der Waals surface area contributed by atoms with Crippen molar-refractivity contribution in [2.75, 3.05) is 5.32 Å². The third-order valence-corrected chi connectivity index (χ3v) is 1.40. The SMILES string of the molecule is CC#CC(=O)Nc1nccnc1Cl. The standard InChI is InChI=1S/C8H6ClN3O/c1-2-3-6(13)12-8-7(9)10-4-5-11-8/h4-5H,1H3,(H,11,12,13). The third kappa shape index (κ3) is 2.73. The van der Waals surface area contributed by atoms with Crippen LogP contribution in [-0.4, -0.2) is 15.9 Å². The first-order valence-electron chi connectivity index (χ1n) is 3.44. The van der Waals surface area contributed by atoms with Crippen molar-refractivity contribution >= 4 is 23.3 Å². The largest absolute Gasteiger partial charge is 0.301 e. The van der Waals surface area contributed by atoms with E-state index in [-0.39, 0.29) is 11.0 Å². The number of halogens is 1. The fourth-order valence-corrected chi connectivity index (χ4v) is 0.810. The first kappa shape index (κ1) is 9.49. The van der Waals surface area contributed by atoms with Crippen molar-refractivity contribution in [2.45, 2.75) is 6.92 Å². The van der Waals surface area contributed by atoms with Crippen molar-refractivity contribution in [1.82, 2.24) is 9.97 Å². The van der Waals surface area contributed by atoms with Crippen molar-refractivity contribution in [1.29, 1.82) is 0 Å². The Kier molecular flexibility index (Phi) is 3.23. The zero-order valence-electron chi connectivity index (χ0n) is 6.84. The highest BCUT2D eigenvalue weighted by atomic mass is 35.5. The minimum Gasteiger partial charge on any atom is -0.297 e. The normalized spacial score (nSPS) is 8.46. The molecule has 13 heavy (non-hydrogen) atoms. The van der Waals surface area contributed by atoms with Gasteiger partial charge in [0, 0.05) is 12.4 Å². The summed E-state index contributed by atoms with van der Waals surface area (Å²) >= 11 is 5.63. The number of rotatable bonds is 1. The van der Waals surface area contributed by atoms with Crippen LogP contribution in [0.3, 0.4) is 0 Å². The van der Waals surface area contributed by atoms with Crippen LogP contribution in [-0.2, 0) is 4.79 Å². The van der Waals surface area contributed by atoms with Crippen LogP contribution in [0.25, 0.3) is 0 Å². The number of aromatic nitrogens is 2. The Labute approximate surface area is 80.3 Å². The Balaban J connectivity index is 2.78. The van der Waals surface area contributed by atoms with E-state index < -0.39 is 5.91 Å². The molecule has 0 unspecified atom stereocenters. The number of carbonyl (C=O) groups excluding carboxylic acids is 1. The van der Waals surface area contributed by atoms with Gasteiger partial charge in [0.25, 0.3) is 0 Å². The van der Waals surface area contributed by atoms with Gasteiger partial charge in [-0.2, -0.15) is 0 Å². The van der Waals surface area contributed by atoms with Gasteiger partial charge in [-0.05, 0) is 12.8 Å². The number of carbonyl (C=O) groups is 1. The van der Waals surface area contributed by atoms with E-state index >= 15 is 0 Å². The van der Waals surface area contributed by atoms with Gasteiger partial charge in [-0.15, -0.1) is 0 Å². The van der Waals surface area contributed by atoms with E-state index in [0.29, 0.717) is 0 Å². The molecule has 0 aromatic carbocycles. The zero-order chi connectivity index (χ0) is 9.68. The molecule has 66 valence electrons. The summed E-state index contributed by atoms with van der Waals surface area (Å²) < 4.78 is 0. The van der Waals surface area contributed by atoms with E-state index in [1.54, 1.807) is 6.92 Å². The predicted octanol–water partition coefficient (Wildman–Crippen LogP) is 1.09. The number of amides is 1. The van der Waals surface area contributed by atoms with Crippen molar-refractivity contribution in [2.24, 2.45) is 0 Å². The molecule has 4 nitrogen and oxygen atoms in total. The van der Waals surface area contributed by atoms with Crippen LogP contribution in [0.4, 0.5) is 5.82 Å². The summed E-state index contributed by atoms with van der Waals surface area (Å²) in [6.45, 7) is 1.57. The molecule has 0 fully saturated rings. The zero-order valence-corrected chi connectivity index (χ0v) is 7.59. The predicted molar refractivity (Wildman–Crippen MR) is 49.1 cm³/mol. The minimum absolute atomic E-state index is 0.147. The molecule has 0 spiro atoms. The molecule has 0 aliphatic rings. The van der Waals surface area contributed by atoms with Crippen molar-refractivity contribution in [3.8, 4) is 11.8 Å². The highest BCUT2D eigenvalue weighted by Gasteiger charge is 2.03. The molecule has 0 saturated heterocycles. The molecule has 1 aromatic rings. The number of nitrogens with one attached hydrogen (secondary N) is 1. The summed E-state index contributed by atoms with van der Waals surface area (Å²) in [4.78, 5) is 18.5. The minimum atomic E-state index is -0.454. The lowest BCUT2D eigenvalue weighted by Gasteiger charge is -1.99. The molecule has 1 amide bonds. The van der Waals surface area contributed by atoms with Gasteiger partial charge < -0.3 is 0 Å². The van der Waals surface area contributed by atoms with E-state index in [1.165, 1.54) is 12.4 Å². The fourth-order valence-electron chi connectivity index (χ4n) is 0.657. The van der Waals surface area contributed by atoms with Crippen LogP contribution in [0.1, 0.15) is 6.92 Å². The van der Waals surface area contributed by atoms with Crippen LogP contribution < -0.4 is 5.32 Å². The summed E-state index contributed by atoms with van der Waals surface area (Å²) in [6, 6.07) is 0. The summed E-state index contributed by atoms with van der Waals surface area (Å²) in [5.74, 6) is 4.51. The fraction of sp³-hybridized carbons (Fsp3) is 0.125. The molecule has 0 atom stereocenters. The Bertz CT molecular complexity index is 380. The Morgan fingerprint density at radius 3 is 2.85 bits per heavy atom. The molecule has 0 saturated carbocycles. The summed E-state index contributed by atoms with van der Waals surface area (Å²) in [5, 5.41) is 2.54. The monoisotopic (exact) mass is 195 g/mol. The van der Waals surface area contributed by atoms with Crippen LogP contribution in [0.15, 0.2) is 12.4 Å². The average molecular weight is 196 g/mol. The third-order valence-electron chi connectivity index (χ3n) is 1.12. The van der Waals surface area contributed by atoms with E-state index in [2.05, 4.69) is 27.1 Å². The molecule has 1 N–H and O–H groups in total. The van der Waals surface area contributed by atoms with E-state index in [4.69, 9.17) is 11.6 Å². The van der Waals surface area contributed by atoms with Crippen molar-refractivity contribution < 1.29 is 4.79 Å². The lowest BCUT2D eigenvalue weighted by Crippen LogP contribution is -2.10. The average Bonchev–Trinajstić information content (AvgIpc) is 2.09. The van der Waals surface area contributed by atoms with Gasteiger partial charge in [-0.1, -0.05) is 17.5 Å². The second-order valence-corrected chi connectivity index (χ2v) is 2.38. The van der Waals surface area contributed by atoms with Gasteiger partial charge in [-0.25, -0.2) is 9.97 Å². The highest BCUT2D eigenvalue weighted by molar-refractivity contribution is 6.32. The number of hydrogen-bond acceptors (Lipinski definition) is 3. The van der Waals surface area contributed by atoms with Gasteiger partial charge in [0.15, 0.2) is 11.0 Å². The van der Waals surface area contributed by atoms with Gasteiger partial charge in [0.05, 0.1) is 0 Å². The topological polar surface area (TPSA) is 54.9 Å².